The molecule has 0 saturated carbocycles. The van der Waals surface area contributed by atoms with E-state index in [1.165, 1.54) is 4.31 Å². The van der Waals surface area contributed by atoms with Crippen LogP contribution < -0.4 is 0 Å². The van der Waals surface area contributed by atoms with Crippen molar-refractivity contribution in [3.05, 3.63) is 66.2 Å². The zero-order valence-electron chi connectivity index (χ0n) is 15.1. The third kappa shape index (κ3) is 2.56. The normalized spacial score (nSPS) is 29.7. The molecule has 26 heavy (non-hydrogen) atoms. The Morgan fingerprint density at radius 3 is 2.12 bits per heavy atom. The monoisotopic (exact) mass is 370 g/mol. The number of ether oxygens (including phenoxy) is 1. The lowest BCUT2D eigenvalue weighted by Crippen LogP contribution is -2.29. The first-order valence-corrected chi connectivity index (χ1v) is 10.1. The molecule has 1 saturated heterocycles. The highest BCUT2D eigenvalue weighted by Crippen LogP contribution is 2.58. The summed E-state index contributed by atoms with van der Waals surface area (Å²) >= 11 is 0. The molecular formula is C20H22N2O3S. The van der Waals surface area contributed by atoms with E-state index in [1.807, 2.05) is 57.2 Å². The van der Waals surface area contributed by atoms with Crippen molar-refractivity contribution in [2.45, 2.75) is 42.8 Å². The van der Waals surface area contributed by atoms with E-state index in [2.05, 4.69) is 4.99 Å². The number of hydrogen-bond acceptors (Lipinski definition) is 4. The van der Waals surface area contributed by atoms with Crippen molar-refractivity contribution < 1.29 is 13.2 Å². The topological polar surface area (TPSA) is 58.7 Å². The molecule has 2 aliphatic heterocycles. The van der Waals surface area contributed by atoms with Crippen LogP contribution in [0.4, 0.5) is 0 Å². The molecule has 0 amide bonds. The molecule has 4 rings (SSSR count). The van der Waals surface area contributed by atoms with Gasteiger partial charge in [-0.3, -0.25) is 0 Å². The van der Waals surface area contributed by atoms with Crippen LogP contribution in [0.1, 0.15) is 32.4 Å². The van der Waals surface area contributed by atoms with Gasteiger partial charge in [-0.1, -0.05) is 48.5 Å². The summed E-state index contributed by atoms with van der Waals surface area (Å²) in [4.78, 5) is 4.96. The number of sulfonamides is 1. The zero-order chi connectivity index (χ0) is 18.6. The Balaban J connectivity index is 1.82. The number of nitrogens with zero attached hydrogens (tertiary/aromatic N) is 2. The largest absolute Gasteiger partial charge is 0.477 e. The van der Waals surface area contributed by atoms with Crippen LogP contribution in [0.3, 0.4) is 0 Å². The standard InChI is InChI=1S/C20H22N2O3S/c1-19(2)14-25-18(21-19)20(3)17(15-10-6-4-7-11-15)22(20)26(23,24)16-12-8-5-9-13-16/h4-13,17H,14H2,1-3H3/t17-,20-,22?/m1/s1. The van der Waals surface area contributed by atoms with E-state index >= 15 is 0 Å². The van der Waals surface area contributed by atoms with Gasteiger partial charge in [0.05, 0.1) is 16.5 Å². The third-order valence-electron chi connectivity index (χ3n) is 4.97. The number of rotatable bonds is 4. The van der Waals surface area contributed by atoms with Gasteiger partial charge in [-0.15, -0.1) is 0 Å². The fourth-order valence-corrected chi connectivity index (χ4v) is 5.57. The molecule has 1 fully saturated rings. The summed E-state index contributed by atoms with van der Waals surface area (Å²) in [6.45, 7) is 6.32. The molecule has 0 aromatic heterocycles. The highest BCUT2D eigenvalue weighted by atomic mass is 32.2. The summed E-state index contributed by atoms with van der Waals surface area (Å²) in [5.41, 5.74) is -0.223. The van der Waals surface area contributed by atoms with E-state index in [-0.39, 0.29) is 16.5 Å². The molecule has 2 aromatic carbocycles. The number of hydrogen-bond donors (Lipinski definition) is 0. The molecule has 1 unspecified atom stereocenters. The maximum absolute atomic E-state index is 13.3. The Morgan fingerprint density at radius 1 is 1.00 bits per heavy atom. The van der Waals surface area contributed by atoms with E-state index in [0.29, 0.717) is 12.5 Å². The summed E-state index contributed by atoms with van der Waals surface area (Å²) in [7, 11) is -3.67. The molecule has 0 aliphatic carbocycles. The van der Waals surface area contributed by atoms with Gasteiger partial charge in [-0.2, -0.15) is 4.31 Å². The van der Waals surface area contributed by atoms with Crippen LogP contribution in [0.5, 0.6) is 0 Å². The van der Waals surface area contributed by atoms with Crippen LogP contribution in [0, 0.1) is 0 Å². The van der Waals surface area contributed by atoms with Crippen LogP contribution in [-0.4, -0.2) is 36.3 Å². The first kappa shape index (κ1) is 17.2. The molecule has 2 aliphatic rings. The summed E-state index contributed by atoms with van der Waals surface area (Å²) in [6, 6.07) is 17.8. The quantitative estimate of drug-likeness (QED) is 0.775. The molecular weight excluding hydrogens is 348 g/mol. The van der Waals surface area contributed by atoms with Crippen molar-refractivity contribution >= 4 is 15.9 Å². The lowest BCUT2D eigenvalue weighted by molar-refractivity contribution is 0.267. The Morgan fingerprint density at radius 2 is 1.58 bits per heavy atom. The molecule has 0 spiro atoms. The van der Waals surface area contributed by atoms with Crippen LogP contribution in [0.15, 0.2) is 70.6 Å². The van der Waals surface area contributed by atoms with Gasteiger partial charge in [-0.05, 0) is 38.5 Å². The fraction of sp³-hybridized carbons (Fsp3) is 0.350. The molecule has 136 valence electrons. The van der Waals surface area contributed by atoms with Crippen molar-refractivity contribution in [3.8, 4) is 0 Å². The van der Waals surface area contributed by atoms with Crippen LogP contribution >= 0.6 is 0 Å². The lowest BCUT2D eigenvalue weighted by Gasteiger charge is -2.12. The molecule has 2 aromatic rings. The van der Waals surface area contributed by atoms with Gasteiger partial charge in [0.25, 0.3) is 0 Å². The minimum absolute atomic E-state index is 0.280. The third-order valence-corrected chi connectivity index (χ3v) is 6.95. The van der Waals surface area contributed by atoms with Crippen molar-refractivity contribution in [1.82, 2.24) is 4.31 Å². The molecule has 0 N–H and O–H groups in total. The maximum atomic E-state index is 13.3. The van der Waals surface area contributed by atoms with Crippen LogP contribution in [-0.2, 0) is 14.8 Å². The highest BCUT2D eigenvalue weighted by molar-refractivity contribution is 7.89. The van der Waals surface area contributed by atoms with Gasteiger partial charge in [-0.25, -0.2) is 13.4 Å². The van der Waals surface area contributed by atoms with Gasteiger partial charge in [0.1, 0.15) is 12.1 Å². The smallest absolute Gasteiger partial charge is 0.244 e. The predicted octanol–water partition coefficient (Wildman–Crippen LogP) is 3.40. The SMILES string of the molecule is CC1(C)COC([C@@]2(C)[C@@H](c3ccccc3)N2S(=O)(=O)c2ccccc2)=N1. The summed E-state index contributed by atoms with van der Waals surface area (Å²) in [6.07, 6.45) is 0. The highest BCUT2D eigenvalue weighted by Gasteiger charge is 2.71. The van der Waals surface area contributed by atoms with Crippen molar-refractivity contribution in [1.29, 1.82) is 0 Å². The molecule has 3 atom stereocenters. The average molecular weight is 370 g/mol. The first-order chi connectivity index (χ1) is 12.3. The second-order valence-corrected chi connectivity index (χ2v) is 9.41. The zero-order valence-corrected chi connectivity index (χ0v) is 15.9. The first-order valence-electron chi connectivity index (χ1n) is 8.64. The van der Waals surface area contributed by atoms with E-state index < -0.39 is 15.6 Å². The molecule has 0 bridgehead atoms. The van der Waals surface area contributed by atoms with E-state index in [4.69, 9.17) is 4.74 Å². The molecule has 5 nitrogen and oxygen atoms in total. The Hall–Kier alpha value is -2.18. The van der Waals surface area contributed by atoms with Gasteiger partial charge in [0.15, 0.2) is 0 Å². The van der Waals surface area contributed by atoms with Crippen LogP contribution in [0.2, 0.25) is 0 Å². The Kier molecular flexibility index (Phi) is 3.75. The lowest BCUT2D eigenvalue weighted by atomic mass is 10.0. The van der Waals surface area contributed by atoms with E-state index in [0.717, 1.165) is 5.56 Å². The second-order valence-electron chi connectivity index (χ2n) is 7.59. The summed E-state index contributed by atoms with van der Waals surface area (Å²) < 4.78 is 34.0. The number of aliphatic imine (C=N–C) groups is 1. The van der Waals surface area contributed by atoms with Crippen molar-refractivity contribution in [2.24, 2.45) is 4.99 Å². The summed E-state index contributed by atoms with van der Waals surface area (Å²) in [5, 5.41) is 0. The predicted molar refractivity (Wildman–Crippen MR) is 101 cm³/mol. The van der Waals surface area contributed by atoms with Gasteiger partial charge >= 0.3 is 0 Å². The fourth-order valence-electron chi connectivity index (χ4n) is 3.60. The minimum atomic E-state index is -3.67. The molecule has 0 radical (unpaired) electrons. The maximum Gasteiger partial charge on any atom is 0.244 e. The molecule has 6 heteroatoms. The van der Waals surface area contributed by atoms with Crippen LogP contribution in [0.25, 0.3) is 0 Å². The van der Waals surface area contributed by atoms with Crippen molar-refractivity contribution in [2.75, 3.05) is 6.61 Å². The van der Waals surface area contributed by atoms with Crippen molar-refractivity contribution in [3.63, 3.8) is 0 Å². The van der Waals surface area contributed by atoms with Gasteiger partial charge in [0, 0.05) is 0 Å². The van der Waals surface area contributed by atoms with Gasteiger partial charge < -0.3 is 4.74 Å². The van der Waals surface area contributed by atoms with Gasteiger partial charge in [0.2, 0.25) is 15.9 Å². The van der Waals surface area contributed by atoms with E-state index in [9.17, 15) is 8.42 Å². The number of benzene rings is 2. The minimum Gasteiger partial charge on any atom is -0.477 e. The second kappa shape index (κ2) is 5.66. The Labute approximate surface area is 154 Å². The summed E-state index contributed by atoms with van der Waals surface area (Å²) in [5.74, 6) is 0.496. The molecule has 2 heterocycles. The average Bonchev–Trinajstić information content (AvgIpc) is 3.12. The van der Waals surface area contributed by atoms with E-state index in [1.54, 1.807) is 24.3 Å². The Bertz CT molecular complexity index is 955.